The number of pyridine rings is 1. The van der Waals surface area contributed by atoms with E-state index in [1.165, 1.54) is 6.20 Å². The van der Waals surface area contributed by atoms with Gasteiger partial charge in [-0.3, -0.25) is 0 Å². The third kappa shape index (κ3) is 2.27. The zero-order valence-corrected chi connectivity index (χ0v) is 8.05. The first-order valence-corrected chi connectivity index (χ1v) is 4.38. The molecule has 1 N–H and O–H groups in total. The van der Waals surface area contributed by atoms with Gasteiger partial charge < -0.3 is 5.32 Å². The van der Waals surface area contributed by atoms with Crippen LogP contribution in [0.3, 0.4) is 0 Å². The van der Waals surface area contributed by atoms with Crippen LogP contribution in [0.15, 0.2) is 30.7 Å². The van der Waals surface area contributed by atoms with E-state index in [9.17, 15) is 4.39 Å². The van der Waals surface area contributed by atoms with Crippen LogP contribution in [0.1, 0.15) is 5.56 Å². The zero-order chi connectivity index (χ0) is 11.4. The van der Waals surface area contributed by atoms with Gasteiger partial charge in [0, 0.05) is 6.20 Å². The third-order valence-corrected chi connectivity index (χ3v) is 1.75. The molecule has 0 aliphatic rings. The van der Waals surface area contributed by atoms with E-state index in [4.69, 9.17) is 5.26 Å². The fraction of sp³-hybridized carbons (Fsp3) is 0. The number of rotatable bonds is 2. The van der Waals surface area contributed by atoms with Crippen molar-refractivity contribution in [2.45, 2.75) is 0 Å². The van der Waals surface area contributed by atoms with Crippen LogP contribution in [0.25, 0.3) is 0 Å². The van der Waals surface area contributed by atoms with Crippen LogP contribution in [0.4, 0.5) is 16.2 Å². The summed E-state index contributed by atoms with van der Waals surface area (Å²) in [5, 5.41) is 11.3. The molecule has 78 valence electrons. The number of halogens is 1. The smallest absolute Gasteiger partial charge is 0.228 e. The quantitative estimate of drug-likeness (QED) is 0.823. The number of nitrogens with zero attached hydrogens (tertiary/aromatic N) is 4. The predicted octanol–water partition coefficient (Wildman–Crippen LogP) is 1.63. The molecule has 0 aliphatic carbocycles. The Morgan fingerprint density at radius 3 is 2.44 bits per heavy atom. The summed E-state index contributed by atoms with van der Waals surface area (Å²) >= 11 is 0. The zero-order valence-electron chi connectivity index (χ0n) is 8.05. The first-order chi connectivity index (χ1) is 7.78. The number of anilines is 2. The second-order valence-electron chi connectivity index (χ2n) is 2.89. The molecule has 0 radical (unpaired) electrons. The molecule has 5 nitrogen and oxygen atoms in total. The van der Waals surface area contributed by atoms with Gasteiger partial charge in [-0.2, -0.15) is 5.26 Å². The van der Waals surface area contributed by atoms with Crippen LogP contribution in [0.5, 0.6) is 0 Å². The fourth-order valence-corrected chi connectivity index (χ4v) is 1.03. The van der Waals surface area contributed by atoms with Gasteiger partial charge in [-0.15, -0.1) is 0 Å². The van der Waals surface area contributed by atoms with Crippen molar-refractivity contribution in [1.29, 1.82) is 5.26 Å². The Balaban J connectivity index is 2.15. The number of nitriles is 1. The first-order valence-electron chi connectivity index (χ1n) is 4.38. The van der Waals surface area contributed by atoms with Crippen molar-refractivity contribution < 1.29 is 4.39 Å². The monoisotopic (exact) mass is 215 g/mol. The maximum Gasteiger partial charge on any atom is 0.228 e. The Morgan fingerprint density at radius 2 is 1.88 bits per heavy atom. The highest BCUT2D eigenvalue weighted by Gasteiger charge is 1.99. The summed E-state index contributed by atoms with van der Waals surface area (Å²) in [6, 6.07) is 5.18. The highest BCUT2D eigenvalue weighted by atomic mass is 19.1. The normalized spacial score (nSPS) is 9.50. The first kappa shape index (κ1) is 9.98. The van der Waals surface area contributed by atoms with Gasteiger partial charge >= 0.3 is 0 Å². The molecule has 0 amide bonds. The van der Waals surface area contributed by atoms with Crippen LogP contribution in [-0.4, -0.2) is 15.0 Å². The van der Waals surface area contributed by atoms with Crippen molar-refractivity contribution in [2.75, 3.05) is 5.32 Å². The Morgan fingerprint density at radius 1 is 1.12 bits per heavy atom. The van der Waals surface area contributed by atoms with Crippen molar-refractivity contribution >= 4 is 11.8 Å². The number of nitrogens with one attached hydrogen (secondary N) is 1. The Kier molecular flexibility index (Phi) is 2.69. The van der Waals surface area contributed by atoms with Gasteiger partial charge in [0.05, 0.1) is 18.0 Å². The topological polar surface area (TPSA) is 74.5 Å². The molecule has 0 aliphatic heterocycles. The Labute approximate surface area is 90.6 Å². The van der Waals surface area contributed by atoms with Gasteiger partial charge in [0.2, 0.25) is 5.95 Å². The van der Waals surface area contributed by atoms with Crippen molar-refractivity contribution in [1.82, 2.24) is 15.0 Å². The number of hydrogen-bond acceptors (Lipinski definition) is 5. The lowest BCUT2D eigenvalue weighted by Crippen LogP contribution is -1.98. The summed E-state index contributed by atoms with van der Waals surface area (Å²) in [7, 11) is 0. The van der Waals surface area contributed by atoms with Gasteiger partial charge in [-0.05, 0) is 12.1 Å². The molecule has 2 aromatic heterocycles. The molecule has 2 rings (SSSR count). The van der Waals surface area contributed by atoms with Gasteiger partial charge in [0.15, 0.2) is 5.82 Å². The standard InChI is InChI=1S/C10H6FN5/c11-8-5-14-10(15-6-8)16-9-2-1-7(3-12)4-13-9/h1-2,4-6H,(H,13,14,15,16). The van der Waals surface area contributed by atoms with E-state index >= 15 is 0 Å². The second kappa shape index (κ2) is 4.31. The average Bonchev–Trinajstić information content (AvgIpc) is 2.33. The molecule has 0 bridgehead atoms. The van der Waals surface area contributed by atoms with E-state index in [1.54, 1.807) is 12.1 Å². The van der Waals surface area contributed by atoms with Gasteiger partial charge in [-0.1, -0.05) is 0 Å². The van der Waals surface area contributed by atoms with Crippen LogP contribution in [0, 0.1) is 17.1 Å². The molecular weight excluding hydrogens is 209 g/mol. The minimum atomic E-state index is -0.502. The summed E-state index contributed by atoms with van der Waals surface area (Å²) in [5.41, 5.74) is 0.463. The highest BCUT2D eigenvalue weighted by molar-refractivity contribution is 5.48. The van der Waals surface area contributed by atoms with E-state index < -0.39 is 5.82 Å². The molecule has 0 saturated carbocycles. The molecule has 0 saturated heterocycles. The van der Waals surface area contributed by atoms with Crippen molar-refractivity contribution in [3.8, 4) is 6.07 Å². The molecular formula is C10H6FN5. The number of hydrogen-bond donors (Lipinski definition) is 1. The minimum absolute atomic E-state index is 0.249. The summed E-state index contributed by atoms with van der Waals surface area (Å²) in [5.74, 6) is 0.238. The molecule has 6 heteroatoms. The average molecular weight is 215 g/mol. The summed E-state index contributed by atoms with van der Waals surface area (Å²) in [6.07, 6.45) is 3.53. The van der Waals surface area contributed by atoms with E-state index in [0.29, 0.717) is 11.4 Å². The summed E-state index contributed by atoms with van der Waals surface area (Å²) in [6.45, 7) is 0. The Hall–Kier alpha value is -2.55. The van der Waals surface area contributed by atoms with Gasteiger partial charge in [0.1, 0.15) is 11.9 Å². The summed E-state index contributed by atoms with van der Waals surface area (Å²) in [4.78, 5) is 11.4. The molecule has 0 aromatic carbocycles. The Bertz CT molecular complexity index is 514. The van der Waals surface area contributed by atoms with E-state index in [1.807, 2.05) is 6.07 Å². The van der Waals surface area contributed by atoms with Crippen LogP contribution in [0.2, 0.25) is 0 Å². The van der Waals surface area contributed by atoms with E-state index in [-0.39, 0.29) is 5.95 Å². The highest BCUT2D eigenvalue weighted by Crippen LogP contribution is 2.09. The van der Waals surface area contributed by atoms with E-state index in [2.05, 4.69) is 20.3 Å². The lowest BCUT2D eigenvalue weighted by Gasteiger charge is -2.02. The second-order valence-corrected chi connectivity index (χ2v) is 2.89. The van der Waals surface area contributed by atoms with Crippen molar-refractivity contribution in [2.24, 2.45) is 0 Å². The molecule has 0 spiro atoms. The lowest BCUT2D eigenvalue weighted by atomic mass is 10.3. The maximum atomic E-state index is 12.5. The molecule has 0 atom stereocenters. The van der Waals surface area contributed by atoms with Crippen LogP contribution < -0.4 is 5.32 Å². The summed E-state index contributed by atoms with van der Waals surface area (Å²) < 4.78 is 12.5. The molecule has 2 aromatic rings. The SMILES string of the molecule is N#Cc1ccc(Nc2ncc(F)cn2)nc1. The molecule has 16 heavy (non-hydrogen) atoms. The van der Waals surface area contributed by atoms with Crippen LogP contribution in [-0.2, 0) is 0 Å². The molecule has 0 fully saturated rings. The van der Waals surface area contributed by atoms with Crippen molar-refractivity contribution in [3.05, 3.63) is 42.1 Å². The van der Waals surface area contributed by atoms with Crippen molar-refractivity contribution in [3.63, 3.8) is 0 Å². The van der Waals surface area contributed by atoms with Gasteiger partial charge in [0.25, 0.3) is 0 Å². The maximum absolute atomic E-state index is 12.5. The lowest BCUT2D eigenvalue weighted by molar-refractivity contribution is 0.614. The molecule has 2 heterocycles. The van der Waals surface area contributed by atoms with Gasteiger partial charge in [-0.25, -0.2) is 19.3 Å². The largest absolute Gasteiger partial charge is 0.309 e. The molecule has 0 unspecified atom stereocenters. The van der Waals surface area contributed by atoms with Crippen LogP contribution >= 0.6 is 0 Å². The fourth-order valence-electron chi connectivity index (χ4n) is 1.03. The number of aromatic nitrogens is 3. The predicted molar refractivity (Wildman–Crippen MR) is 54.2 cm³/mol. The minimum Gasteiger partial charge on any atom is -0.309 e. The van der Waals surface area contributed by atoms with E-state index in [0.717, 1.165) is 12.4 Å². The third-order valence-electron chi connectivity index (χ3n) is 1.75.